The molecule has 0 N–H and O–H groups in total. The summed E-state index contributed by atoms with van der Waals surface area (Å²) < 4.78 is 42.2. The zero-order valence-corrected chi connectivity index (χ0v) is 19.8. The summed E-state index contributed by atoms with van der Waals surface area (Å²) in [6.45, 7) is 1.56. The van der Waals surface area contributed by atoms with Crippen LogP contribution >= 0.6 is 0 Å². The Balaban J connectivity index is 1.60. The Morgan fingerprint density at radius 2 is 1.91 bits per heavy atom. The van der Waals surface area contributed by atoms with Gasteiger partial charge in [-0.25, -0.2) is 0 Å². The molecule has 4 rings (SSSR count). The van der Waals surface area contributed by atoms with Crippen LogP contribution in [0, 0.1) is 22.7 Å². The van der Waals surface area contributed by atoms with E-state index in [4.69, 9.17) is 5.26 Å². The third-order valence-electron chi connectivity index (χ3n) is 7.18. The molecule has 3 heterocycles. The second-order valence-electron chi connectivity index (χ2n) is 9.56. The van der Waals surface area contributed by atoms with Crippen molar-refractivity contribution in [3.63, 3.8) is 0 Å². The lowest BCUT2D eigenvalue weighted by molar-refractivity contribution is -0.138. The van der Waals surface area contributed by atoms with E-state index in [1.165, 1.54) is 23.2 Å². The Morgan fingerprint density at radius 1 is 1.23 bits per heavy atom. The van der Waals surface area contributed by atoms with Gasteiger partial charge in [0.05, 0.1) is 34.9 Å². The van der Waals surface area contributed by atoms with Crippen molar-refractivity contribution < 1.29 is 22.8 Å². The van der Waals surface area contributed by atoms with Crippen molar-refractivity contribution in [2.45, 2.75) is 19.0 Å². The molecular formula is C24H27F3N6O2. The molecule has 2 aliphatic heterocycles. The van der Waals surface area contributed by atoms with Crippen molar-refractivity contribution in [3.8, 4) is 6.07 Å². The average molecular weight is 489 g/mol. The maximum atomic E-state index is 13.5. The highest BCUT2D eigenvalue weighted by Gasteiger charge is 2.52. The molecule has 0 saturated carbocycles. The van der Waals surface area contributed by atoms with Crippen molar-refractivity contribution in [2.75, 3.05) is 45.2 Å². The lowest BCUT2D eigenvalue weighted by Gasteiger charge is -2.42. The van der Waals surface area contributed by atoms with Gasteiger partial charge in [0.15, 0.2) is 0 Å². The van der Waals surface area contributed by atoms with E-state index >= 15 is 0 Å². The van der Waals surface area contributed by atoms with Crippen LogP contribution in [0.25, 0.3) is 0 Å². The van der Waals surface area contributed by atoms with E-state index in [0.717, 1.165) is 6.07 Å². The van der Waals surface area contributed by atoms with Gasteiger partial charge in [-0.05, 0) is 31.0 Å². The Kier molecular flexibility index (Phi) is 6.25. The van der Waals surface area contributed by atoms with Gasteiger partial charge in [0, 0.05) is 64.6 Å². The molecule has 186 valence electrons. The van der Waals surface area contributed by atoms with E-state index in [0.29, 0.717) is 43.7 Å². The molecule has 0 bridgehead atoms. The van der Waals surface area contributed by atoms with Crippen molar-refractivity contribution in [1.82, 2.24) is 19.6 Å². The summed E-state index contributed by atoms with van der Waals surface area (Å²) >= 11 is 0. The van der Waals surface area contributed by atoms with E-state index in [1.807, 2.05) is 0 Å². The molecule has 2 fully saturated rings. The largest absolute Gasteiger partial charge is 0.417 e. The molecule has 2 saturated heterocycles. The predicted octanol–water partition coefficient (Wildman–Crippen LogP) is 2.76. The quantitative estimate of drug-likeness (QED) is 0.663. The van der Waals surface area contributed by atoms with E-state index in [1.54, 1.807) is 47.9 Å². The fourth-order valence-electron chi connectivity index (χ4n) is 5.25. The van der Waals surface area contributed by atoms with Gasteiger partial charge in [-0.2, -0.15) is 23.5 Å². The summed E-state index contributed by atoms with van der Waals surface area (Å²) in [4.78, 5) is 31.1. The molecule has 0 radical (unpaired) electrons. The number of nitriles is 1. The second kappa shape index (κ2) is 8.91. The van der Waals surface area contributed by atoms with E-state index < -0.39 is 28.6 Å². The molecule has 1 spiro atoms. The van der Waals surface area contributed by atoms with E-state index in [-0.39, 0.29) is 18.4 Å². The number of aryl methyl sites for hydroxylation is 1. The van der Waals surface area contributed by atoms with Crippen molar-refractivity contribution >= 4 is 17.5 Å². The normalized spacial score (nSPS) is 19.6. The highest BCUT2D eigenvalue weighted by Crippen LogP contribution is 2.47. The van der Waals surface area contributed by atoms with Gasteiger partial charge in [0.2, 0.25) is 5.91 Å². The minimum absolute atomic E-state index is 0.0794. The topological polar surface area (TPSA) is 85.5 Å². The number of carbonyl (C=O) groups excluding carboxylic acids is 2. The highest BCUT2D eigenvalue weighted by molar-refractivity contribution is 5.93. The minimum atomic E-state index is -4.66. The number of hydrogen-bond donors (Lipinski definition) is 0. The number of alkyl halides is 3. The van der Waals surface area contributed by atoms with Crippen LogP contribution in [0.15, 0.2) is 30.6 Å². The molecule has 1 aromatic heterocycles. The summed E-state index contributed by atoms with van der Waals surface area (Å²) in [5, 5.41) is 13.2. The Hall–Kier alpha value is -3.55. The van der Waals surface area contributed by atoms with Gasteiger partial charge in [0.25, 0.3) is 5.91 Å². The molecular weight excluding hydrogens is 461 g/mol. The standard InChI is InChI=1S/C24H27F3N6O2/c1-30(2)22(35)20-14-33(18-5-4-16(11-28)19(10-18)24(25,26)27)15-23(20)6-8-32(9-7-23)21(34)17-12-29-31(3)13-17/h4-5,10,12-13,20H,6-9,14-15H2,1-3H3. The fourth-order valence-corrected chi connectivity index (χ4v) is 5.25. The zero-order valence-electron chi connectivity index (χ0n) is 19.8. The molecule has 8 nitrogen and oxygen atoms in total. The number of anilines is 1. The number of rotatable bonds is 3. The third-order valence-corrected chi connectivity index (χ3v) is 7.18. The molecule has 2 amide bonds. The van der Waals surface area contributed by atoms with Gasteiger partial charge in [-0.15, -0.1) is 0 Å². The zero-order chi connectivity index (χ0) is 25.5. The third kappa shape index (κ3) is 4.57. The number of amides is 2. The van der Waals surface area contributed by atoms with Crippen LogP contribution in [-0.4, -0.2) is 71.7 Å². The van der Waals surface area contributed by atoms with Crippen molar-refractivity contribution in [1.29, 1.82) is 5.26 Å². The van der Waals surface area contributed by atoms with Crippen LogP contribution in [0.1, 0.15) is 34.3 Å². The van der Waals surface area contributed by atoms with E-state index in [9.17, 15) is 22.8 Å². The maximum absolute atomic E-state index is 13.5. The highest BCUT2D eigenvalue weighted by atomic mass is 19.4. The Morgan fingerprint density at radius 3 is 2.46 bits per heavy atom. The number of benzene rings is 1. The first-order valence-corrected chi connectivity index (χ1v) is 11.3. The summed E-state index contributed by atoms with van der Waals surface area (Å²) in [5.41, 5.74) is -1.06. The van der Waals surface area contributed by atoms with Crippen LogP contribution in [0.3, 0.4) is 0 Å². The molecule has 1 aromatic carbocycles. The SMILES string of the molecule is CN(C)C(=O)C1CN(c2ccc(C#N)c(C(F)(F)F)c2)CC12CCN(C(=O)c1cnn(C)c1)CC2. The summed E-state index contributed by atoms with van der Waals surface area (Å²) in [6.07, 6.45) is -0.364. The number of piperidine rings is 1. The number of carbonyl (C=O) groups is 2. The summed E-state index contributed by atoms with van der Waals surface area (Å²) in [7, 11) is 5.08. The molecule has 0 aliphatic carbocycles. The molecule has 1 atom stereocenters. The van der Waals surface area contributed by atoms with Crippen LogP contribution in [-0.2, 0) is 18.0 Å². The van der Waals surface area contributed by atoms with Crippen molar-refractivity contribution in [2.24, 2.45) is 18.4 Å². The van der Waals surface area contributed by atoms with E-state index in [2.05, 4.69) is 5.10 Å². The summed E-state index contributed by atoms with van der Waals surface area (Å²) in [5.74, 6) is -0.623. The van der Waals surface area contributed by atoms with Crippen LogP contribution < -0.4 is 4.90 Å². The fraction of sp³-hybridized carbons (Fsp3) is 0.500. The number of aromatic nitrogens is 2. The molecule has 11 heteroatoms. The number of likely N-dealkylation sites (tertiary alicyclic amines) is 1. The van der Waals surface area contributed by atoms with Gasteiger partial charge in [-0.1, -0.05) is 0 Å². The van der Waals surface area contributed by atoms with Gasteiger partial charge >= 0.3 is 6.18 Å². The maximum Gasteiger partial charge on any atom is 0.417 e. The lowest BCUT2D eigenvalue weighted by atomic mass is 9.70. The predicted molar refractivity (Wildman–Crippen MR) is 121 cm³/mol. The smallest absolute Gasteiger partial charge is 0.370 e. The average Bonchev–Trinajstić information content (AvgIpc) is 3.41. The summed E-state index contributed by atoms with van der Waals surface area (Å²) in [6, 6.07) is 5.29. The molecule has 2 aliphatic rings. The van der Waals surface area contributed by atoms with Gasteiger partial charge < -0.3 is 14.7 Å². The second-order valence-corrected chi connectivity index (χ2v) is 9.56. The Bertz CT molecular complexity index is 1170. The molecule has 1 unspecified atom stereocenters. The monoisotopic (exact) mass is 488 g/mol. The van der Waals surface area contributed by atoms with Gasteiger partial charge in [0.1, 0.15) is 0 Å². The van der Waals surface area contributed by atoms with Crippen LogP contribution in [0.5, 0.6) is 0 Å². The first-order valence-electron chi connectivity index (χ1n) is 11.3. The van der Waals surface area contributed by atoms with Crippen LogP contribution in [0.4, 0.5) is 18.9 Å². The first kappa shape index (κ1) is 24.6. The van der Waals surface area contributed by atoms with Crippen LogP contribution in [0.2, 0.25) is 0 Å². The number of halogens is 3. The Labute approximate surface area is 201 Å². The first-order chi connectivity index (χ1) is 16.4. The number of nitrogens with zero attached hydrogens (tertiary/aromatic N) is 6. The molecule has 35 heavy (non-hydrogen) atoms. The minimum Gasteiger partial charge on any atom is -0.370 e. The lowest BCUT2D eigenvalue weighted by Crippen LogP contribution is -2.49. The van der Waals surface area contributed by atoms with Crippen molar-refractivity contribution in [3.05, 3.63) is 47.3 Å². The van der Waals surface area contributed by atoms with Gasteiger partial charge in [-0.3, -0.25) is 14.3 Å². The molecule has 2 aromatic rings. The number of hydrogen-bond acceptors (Lipinski definition) is 5.